The van der Waals surface area contributed by atoms with Gasteiger partial charge in [-0.25, -0.2) is 14.1 Å². The second kappa shape index (κ2) is 13.2. The molecule has 0 atom stereocenters. The standard InChI is InChI=1S/C30H28FN3O7/c1-3-14-40-25-13-12-22(17-26(25)39-4-2)34-29(37)24(28(36)33-30(34)38)16-19-6-5-7-23(15-19)41-18-27(35)32-21-10-8-20(31)9-11-21/h5-13,15-17H,3-4,14,18H2,1-2H3,(H,32,35)(H,33,36,38)/b24-16+. The van der Waals surface area contributed by atoms with Gasteiger partial charge in [0.05, 0.1) is 18.9 Å². The lowest BCUT2D eigenvalue weighted by molar-refractivity contribution is -0.122. The molecule has 4 rings (SSSR count). The fourth-order valence-electron chi connectivity index (χ4n) is 3.87. The van der Waals surface area contributed by atoms with Gasteiger partial charge < -0.3 is 19.5 Å². The highest BCUT2D eigenvalue weighted by Gasteiger charge is 2.37. The molecule has 1 aliphatic rings. The molecule has 0 aromatic heterocycles. The second-order valence-electron chi connectivity index (χ2n) is 8.79. The van der Waals surface area contributed by atoms with Crippen LogP contribution in [0.5, 0.6) is 17.2 Å². The van der Waals surface area contributed by atoms with Crippen LogP contribution in [0.2, 0.25) is 0 Å². The first-order chi connectivity index (χ1) is 19.8. The summed E-state index contributed by atoms with van der Waals surface area (Å²) in [5.74, 6) is -1.44. The number of amides is 5. The van der Waals surface area contributed by atoms with Gasteiger partial charge in [-0.2, -0.15) is 0 Å². The summed E-state index contributed by atoms with van der Waals surface area (Å²) in [6.45, 7) is 4.22. The number of rotatable bonds is 11. The average molecular weight is 562 g/mol. The van der Waals surface area contributed by atoms with Gasteiger partial charge in [0.1, 0.15) is 17.1 Å². The second-order valence-corrected chi connectivity index (χ2v) is 8.79. The van der Waals surface area contributed by atoms with E-state index < -0.39 is 29.6 Å². The number of imide groups is 2. The summed E-state index contributed by atoms with van der Waals surface area (Å²) in [4.78, 5) is 51.7. The van der Waals surface area contributed by atoms with E-state index in [1.54, 1.807) is 31.2 Å². The van der Waals surface area contributed by atoms with Gasteiger partial charge in [-0.05, 0) is 73.5 Å². The summed E-state index contributed by atoms with van der Waals surface area (Å²) >= 11 is 0. The largest absolute Gasteiger partial charge is 0.490 e. The number of urea groups is 1. The highest BCUT2D eigenvalue weighted by molar-refractivity contribution is 6.39. The van der Waals surface area contributed by atoms with Gasteiger partial charge in [-0.3, -0.25) is 19.7 Å². The Kier molecular flexibility index (Phi) is 9.31. The van der Waals surface area contributed by atoms with Crippen LogP contribution >= 0.6 is 0 Å². The minimum atomic E-state index is -0.897. The molecule has 1 fully saturated rings. The molecule has 0 bridgehead atoms. The number of carbonyl (C=O) groups is 4. The van der Waals surface area contributed by atoms with E-state index in [1.165, 1.54) is 48.5 Å². The lowest BCUT2D eigenvalue weighted by Gasteiger charge is -2.27. The van der Waals surface area contributed by atoms with Crippen LogP contribution in [0.3, 0.4) is 0 Å². The third kappa shape index (κ3) is 7.27. The molecule has 0 aliphatic carbocycles. The average Bonchev–Trinajstić information content (AvgIpc) is 2.95. The molecule has 1 aliphatic heterocycles. The summed E-state index contributed by atoms with van der Waals surface area (Å²) in [7, 11) is 0. The summed E-state index contributed by atoms with van der Waals surface area (Å²) < 4.78 is 29.9. The number of ether oxygens (including phenoxy) is 3. The molecule has 1 heterocycles. The van der Waals surface area contributed by atoms with E-state index in [1.807, 2.05) is 6.92 Å². The van der Waals surface area contributed by atoms with Gasteiger partial charge in [-0.1, -0.05) is 19.1 Å². The highest BCUT2D eigenvalue weighted by atomic mass is 19.1. The molecular weight excluding hydrogens is 533 g/mol. The van der Waals surface area contributed by atoms with Crippen LogP contribution < -0.4 is 29.7 Å². The normalized spacial score (nSPS) is 14.1. The Balaban J connectivity index is 1.51. The van der Waals surface area contributed by atoms with Crippen molar-refractivity contribution in [3.63, 3.8) is 0 Å². The zero-order valence-corrected chi connectivity index (χ0v) is 22.4. The number of nitrogens with one attached hydrogen (secondary N) is 2. The molecule has 0 unspecified atom stereocenters. The van der Waals surface area contributed by atoms with E-state index in [4.69, 9.17) is 14.2 Å². The number of nitrogens with zero attached hydrogens (tertiary/aromatic N) is 1. The quantitative estimate of drug-likeness (QED) is 0.257. The summed E-state index contributed by atoms with van der Waals surface area (Å²) in [6, 6.07) is 15.4. The predicted octanol–water partition coefficient (Wildman–Crippen LogP) is 4.70. The summed E-state index contributed by atoms with van der Waals surface area (Å²) in [5, 5.41) is 4.78. The zero-order valence-electron chi connectivity index (χ0n) is 22.4. The van der Waals surface area contributed by atoms with Gasteiger partial charge in [0.15, 0.2) is 18.1 Å². The smallest absolute Gasteiger partial charge is 0.335 e. The first kappa shape index (κ1) is 28.8. The van der Waals surface area contributed by atoms with E-state index in [0.29, 0.717) is 41.7 Å². The highest BCUT2D eigenvalue weighted by Crippen LogP contribution is 2.34. The van der Waals surface area contributed by atoms with Crippen LogP contribution in [-0.2, 0) is 14.4 Å². The monoisotopic (exact) mass is 561 g/mol. The van der Waals surface area contributed by atoms with Gasteiger partial charge >= 0.3 is 6.03 Å². The van der Waals surface area contributed by atoms with Crippen LogP contribution in [0.4, 0.5) is 20.6 Å². The molecule has 0 radical (unpaired) electrons. The topological polar surface area (TPSA) is 123 Å². The van der Waals surface area contributed by atoms with Crippen molar-refractivity contribution in [1.29, 1.82) is 0 Å². The van der Waals surface area contributed by atoms with Crippen molar-refractivity contribution in [1.82, 2.24) is 5.32 Å². The van der Waals surface area contributed by atoms with Crippen molar-refractivity contribution in [3.8, 4) is 17.2 Å². The lowest BCUT2D eigenvalue weighted by Crippen LogP contribution is -2.54. The number of halogens is 1. The van der Waals surface area contributed by atoms with Crippen molar-refractivity contribution < 1.29 is 37.8 Å². The van der Waals surface area contributed by atoms with Gasteiger partial charge in [-0.15, -0.1) is 0 Å². The number of hydrogen-bond donors (Lipinski definition) is 2. The van der Waals surface area contributed by atoms with E-state index in [-0.39, 0.29) is 17.9 Å². The van der Waals surface area contributed by atoms with E-state index in [2.05, 4.69) is 10.6 Å². The van der Waals surface area contributed by atoms with Crippen molar-refractivity contribution in [3.05, 3.63) is 83.7 Å². The molecule has 1 saturated heterocycles. The molecule has 0 spiro atoms. The van der Waals surface area contributed by atoms with Crippen LogP contribution in [0.1, 0.15) is 25.8 Å². The molecular formula is C30H28FN3O7. The molecule has 41 heavy (non-hydrogen) atoms. The number of benzene rings is 3. The third-order valence-electron chi connectivity index (χ3n) is 5.72. The number of hydrogen-bond acceptors (Lipinski definition) is 7. The van der Waals surface area contributed by atoms with E-state index in [9.17, 15) is 23.6 Å². The molecule has 0 saturated carbocycles. The third-order valence-corrected chi connectivity index (χ3v) is 5.72. The first-order valence-electron chi connectivity index (χ1n) is 12.9. The van der Waals surface area contributed by atoms with Gasteiger partial charge in [0.25, 0.3) is 17.7 Å². The molecule has 3 aromatic rings. The van der Waals surface area contributed by atoms with Crippen molar-refractivity contribution >= 4 is 41.2 Å². The first-order valence-corrected chi connectivity index (χ1v) is 12.9. The van der Waals surface area contributed by atoms with Crippen molar-refractivity contribution in [2.75, 3.05) is 30.0 Å². The Morgan fingerprint density at radius 2 is 1.73 bits per heavy atom. The fourth-order valence-corrected chi connectivity index (χ4v) is 3.87. The molecule has 11 heteroatoms. The lowest BCUT2D eigenvalue weighted by atomic mass is 10.1. The Hall–Kier alpha value is -5.19. The maximum absolute atomic E-state index is 13.4. The van der Waals surface area contributed by atoms with Crippen LogP contribution in [0.25, 0.3) is 6.08 Å². The Labute approximate surface area is 235 Å². The van der Waals surface area contributed by atoms with Crippen molar-refractivity contribution in [2.24, 2.45) is 0 Å². The zero-order chi connectivity index (χ0) is 29.4. The Morgan fingerprint density at radius 3 is 2.46 bits per heavy atom. The number of anilines is 2. The summed E-state index contributed by atoms with van der Waals surface area (Å²) in [6.07, 6.45) is 2.11. The SMILES string of the molecule is CCCOc1ccc(N2C(=O)NC(=O)/C(=C\c3cccc(OCC(=O)Nc4ccc(F)cc4)c3)C2=O)cc1OCC. The maximum atomic E-state index is 13.4. The molecule has 5 amide bonds. The minimum absolute atomic E-state index is 0.197. The number of carbonyl (C=O) groups excluding carboxylic acids is 4. The molecule has 3 aromatic carbocycles. The predicted molar refractivity (Wildman–Crippen MR) is 149 cm³/mol. The summed E-state index contributed by atoms with van der Waals surface area (Å²) in [5.41, 5.74) is 0.756. The van der Waals surface area contributed by atoms with Crippen LogP contribution in [0, 0.1) is 5.82 Å². The molecule has 2 N–H and O–H groups in total. The minimum Gasteiger partial charge on any atom is -0.490 e. The maximum Gasteiger partial charge on any atom is 0.335 e. The molecule has 212 valence electrons. The number of barbiturate groups is 1. The van der Waals surface area contributed by atoms with E-state index >= 15 is 0 Å². The van der Waals surface area contributed by atoms with Crippen LogP contribution in [-0.4, -0.2) is 43.6 Å². The van der Waals surface area contributed by atoms with Crippen molar-refractivity contribution in [2.45, 2.75) is 20.3 Å². The van der Waals surface area contributed by atoms with E-state index in [0.717, 1.165) is 11.3 Å². The van der Waals surface area contributed by atoms with Gasteiger partial charge in [0.2, 0.25) is 0 Å². The van der Waals surface area contributed by atoms with Gasteiger partial charge in [0, 0.05) is 11.8 Å². The Bertz CT molecular complexity index is 1490. The fraction of sp³-hybridized carbons (Fsp3) is 0.200. The molecule has 10 nitrogen and oxygen atoms in total. The Morgan fingerprint density at radius 1 is 0.951 bits per heavy atom. The van der Waals surface area contributed by atoms with Crippen LogP contribution in [0.15, 0.2) is 72.3 Å².